The van der Waals surface area contributed by atoms with Gasteiger partial charge in [-0.15, -0.1) is 0 Å². The van der Waals surface area contributed by atoms with Crippen molar-refractivity contribution in [1.29, 1.82) is 0 Å². The lowest BCUT2D eigenvalue weighted by molar-refractivity contribution is -0.236. The zero-order valence-corrected chi connectivity index (χ0v) is 22.1. The van der Waals surface area contributed by atoms with Crippen molar-refractivity contribution >= 4 is 0 Å². The second-order valence-corrected chi connectivity index (χ2v) is 10.6. The highest BCUT2D eigenvalue weighted by molar-refractivity contribution is 5.14. The van der Waals surface area contributed by atoms with Crippen LogP contribution in [0.25, 0.3) is 0 Å². The van der Waals surface area contributed by atoms with E-state index in [1.807, 2.05) is 13.8 Å². The van der Waals surface area contributed by atoms with E-state index in [0.717, 1.165) is 26.0 Å². The summed E-state index contributed by atoms with van der Waals surface area (Å²) in [7, 11) is 0. The van der Waals surface area contributed by atoms with Crippen molar-refractivity contribution in [3.8, 4) is 0 Å². The van der Waals surface area contributed by atoms with Gasteiger partial charge in [0.2, 0.25) is 0 Å². The van der Waals surface area contributed by atoms with E-state index in [9.17, 15) is 0 Å². The first-order valence-corrected chi connectivity index (χ1v) is 13.9. The van der Waals surface area contributed by atoms with Crippen molar-refractivity contribution in [3.05, 3.63) is 35.9 Å². The van der Waals surface area contributed by atoms with E-state index in [1.54, 1.807) is 0 Å². The molecular formula is C29H49NO4. The minimum absolute atomic E-state index is 0.0831. The highest BCUT2D eigenvalue weighted by atomic mass is 16.8. The molecule has 1 aromatic rings. The average Bonchev–Trinajstić information content (AvgIpc) is 3.31. The fourth-order valence-electron chi connectivity index (χ4n) is 5.12. The molecule has 0 spiro atoms. The van der Waals surface area contributed by atoms with E-state index in [-0.39, 0.29) is 30.6 Å². The van der Waals surface area contributed by atoms with Gasteiger partial charge in [-0.25, -0.2) is 0 Å². The fraction of sp³-hybridized carbons (Fsp3) is 0.793. The smallest absolute Gasteiger partial charge is 0.187 e. The summed E-state index contributed by atoms with van der Waals surface area (Å²) in [6.45, 7) is 10.0. The molecule has 5 nitrogen and oxygen atoms in total. The number of fused-ring (bicyclic) bond motifs is 1. The summed E-state index contributed by atoms with van der Waals surface area (Å²) in [5, 5.41) is 3.63. The molecule has 2 aliphatic heterocycles. The molecule has 2 aliphatic rings. The van der Waals surface area contributed by atoms with Gasteiger partial charge in [-0.1, -0.05) is 95.0 Å². The van der Waals surface area contributed by atoms with Gasteiger partial charge in [0.15, 0.2) is 12.1 Å². The molecule has 194 valence electrons. The zero-order valence-electron chi connectivity index (χ0n) is 22.1. The lowest BCUT2D eigenvalue weighted by Gasteiger charge is -2.27. The van der Waals surface area contributed by atoms with E-state index >= 15 is 0 Å². The van der Waals surface area contributed by atoms with Gasteiger partial charge in [-0.2, -0.15) is 0 Å². The molecule has 5 heteroatoms. The van der Waals surface area contributed by atoms with Crippen LogP contribution in [0.15, 0.2) is 30.3 Å². The molecule has 3 rings (SSSR count). The Kier molecular flexibility index (Phi) is 11.8. The molecule has 1 unspecified atom stereocenters. The summed E-state index contributed by atoms with van der Waals surface area (Å²) < 4.78 is 25.0. The lowest BCUT2D eigenvalue weighted by atomic mass is 10.0. The average molecular weight is 476 g/mol. The fourth-order valence-corrected chi connectivity index (χ4v) is 5.12. The molecule has 1 N–H and O–H groups in total. The molecule has 0 bridgehead atoms. The van der Waals surface area contributed by atoms with E-state index in [1.165, 1.54) is 63.4 Å². The lowest BCUT2D eigenvalue weighted by Crippen LogP contribution is -2.45. The second-order valence-electron chi connectivity index (χ2n) is 10.6. The predicted molar refractivity (Wildman–Crippen MR) is 138 cm³/mol. The molecule has 0 amide bonds. The molecular weight excluding hydrogens is 426 g/mol. The van der Waals surface area contributed by atoms with Crippen LogP contribution in [0.4, 0.5) is 0 Å². The maximum Gasteiger partial charge on any atom is 0.187 e. The molecule has 0 aliphatic carbocycles. The third-order valence-electron chi connectivity index (χ3n) is 7.04. The monoisotopic (exact) mass is 475 g/mol. The van der Waals surface area contributed by atoms with Crippen LogP contribution in [-0.2, 0) is 25.4 Å². The minimum atomic E-state index is -0.597. The number of rotatable bonds is 17. The summed E-state index contributed by atoms with van der Waals surface area (Å²) in [5.74, 6) is -0.597. The summed E-state index contributed by atoms with van der Waals surface area (Å²) >= 11 is 0. The van der Waals surface area contributed by atoms with Gasteiger partial charge >= 0.3 is 0 Å². The van der Waals surface area contributed by atoms with Gasteiger partial charge in [0.05, 0.1) is 0 Å². The first-order valence-electron chi connectivity index (χ1n) is 13.9. The van der Waals surface area contributed by atoms with Crippen LogP contribution in [0.2, 0.25) is 0 Å². The summed E-state index contributed by atoms with van der Waals surface area (Å²) in [4.78, 5) is 0. The molecule has 1 aromatic carbocycles. The van der Waals surface area contributed by atoms with Crippen LogP contribution < -0.4 is 5.32 Å². The first-order chi connectivity index (χ1) is 16.5. The largest absolute Gasteiger partial charge is 0.350 e. The summed E-state index contributed by atoms with van der Waals surface area (Å²) in [5.41, 5.74) is 1.34. The van der Waals surface area contributed by atoms with Crippen LogP contribution in [0.5, 0.6) is 0 Å². The number of ether oxygens (including phenoxy) is 4. The van der Waals surface area contributed by atoms with E-state index < -0.39 is 5.79 Å². The Bertz CT molecular complexity index is 667. The second kappa shape index (κ2) is 14.5. The number of unbranched alkanes of at least 4 members (excludes halogenated alkanes) is 9. The van der Waals surface area contributed by atoms with Gasteiger partial charge in [0.1, 0.15) is 18.3 Å². The maximum absolute atomic E-state index is 6.34. The molecule has 2 saturated heterocycles. The van der Waals surface area contributed by atoms with Crippen molar-refractivity contribution in [3.63, 3.8) is 0 Å². The molecule has 5 atom stereocenters. The van der Waals surface area contributed by atoms with Crippen LogP contribution in [-0.4, -0.2) is 49.6 Å². The number of hydrogen-bond acceptors (Lipinski definition) is 5. The van der Waals surface area contributed by atoms with Crippen LogP contribution in [0.3, 0.4) is 0 Å². The van der Waals surface area contributed by atoms with E-state index in [2.05, 4.69) is 49.5 Å². The Balaban J connectivity index is 1.34. The Labute approximate surface area is 208 Å². The Morgan fingerprint density at radius 3 is 2.18 bits per heavy atom. The Morgan fingerprint density at radius 1 is 0.882 bits per heavy atom. The molecule has 2 heterocycles. The molecule has 0 radical (unpaired) electrons. The highest BCUT2D eigenvalue weighted by Crippen LogP contribution is 2.40. The number of hydrogen-bond donors (Lipinski definition) is 1. The van der Waals surface area contributed by atoms with Crippen molar-refractivity contribution in [2.75, 3.05) is 13.2 Å². The van der Waals surface area contributed by atoms with Crippen molar-refractivity contribution in [2.45, 2.75) is 135 Å². The zero-order chi connectivity index (χ0) is 24.2. The van der Waals surface area contributed by atoms with Gasteiger partial charge < -0.3 is 24.3 Å². The van der Waals surface area contributed by atoms with E-state index in [0.29, 0.717) is 0 Å². The summed E-state index contributed by atoms with van der Waals surface area (Å²) in [6.07, 6.45) is 13.5. The number of nitrogens with one attached hydrogen (secondary N) is 1. The Morgan fingerprint density at radius 2 is 1.50 bits per heavy atom. The molecule has 0 aromatic heterocycles. The van der Waals surface area contributed by atoms with Crippen LogP contribution >= 0.6 is 0 Å². The highest BCUT2D eigenvalue weighted by Gasteiger charge is 2.56. The predicted octanol–water partition coefficient (Wildman–Crippen LogP) is 6.39. The van der Waals surface area contributed by atoms with E-state index in [4.69, 9.17) is 18.9 Å². The van der Waals surface area contributed by atoms with Crippen LogP contribution in [0.1, 0.15) is 97.5 Å². The third-order valence-corrected chi connectivity index (χ3v) is 7.04. The molecule has 2 fully saturated rings. The summed E-state index contributed by atoms with van der Waals surface area (Å²) in [6, 6.07) is 10.7. The van der Waals surface area contributed by atoms with Gasteiger partial charge in [0.25, 0.3) is 0 Å². The SMILES string of the molecule is CCCCCCCCCCCCO[C@@H]1O[C@H](C(C)NCCc2ccccc2)[C@H]2OC(C)(C)O[C@@H]12. The first kappa shape index (κ1) is 27.6. The van der Waals surface area contributed by atoms with Gasteiger partial charge in [-0.05, 0) is 45.7 Å². The normalized spacial score (nSPS) is 26.6. The van der Waals surface area contributed by atoms with Gasteiger partial charge in [0, 0.05) is 12.6 Å². The molecule has 0 saturated carbocycles. The maximum atomic E-state index is 6.34. The van der Waals surface area contributed by atoms with Gasteiger partial charge in [-0.3, -0.25) is 0 Å². The third kappa shape index (κ3) is 8.91. The molecule has 34 heavy (non-hydrogen) atoms. The number of benzene rings is 1. The topological polar surface area (TPSA) is 49.0 Å². The van der Waals surface area contributed by atoms with Crippen molar-refractivity contribution in [1.82, 2.24) is 5.32 Å². The Hall–Kier alpha value is -0.980. The quantitative estimate of drug-likeness (QED) is 0.265. The van der Waals surface area contributed by atoms with Crippen molar-refractivity contribution in [2.24, 2.45) is 0 Å². The standard InChI is InChI=1S/C29H49NO4/c1-5-6-7-8-9-10-11-12-13-17-22-31-28-27-26(33-29(3,4)34-27)25(32-28)23(2)30-21-20-24-18-15-14-16-19-24/h14-16,18-19,23,25-28,30H,5-13,17,20-22H2,1-4H3/t23?,25-,26-,27-,28-/m1/s1. The minimum Gasteiger partial charge on any atom is -0.350 e. The van der Waals surface area contributed by atoms with Crippen LogP contribution in [0, 0.1) is 0 Å². The van der Waals surface area contributed by atoms with Crippen molar-refractivity contribution < 1.29 is 18.9 Å².